The number of amides is 2. The molecule has 1 aliphatic rings. The van der Waals surface area contributed by atoms with Gasteiger partial charge < -0.3 is 10.6 Å². The number of carbonyl (C=O) groups is 2. The molecule has 18 heavy (non-hydrogen) atoms. The molecule has 1 fully saturated rings. The van der Waals surface area contributed by atoms with Gasteiger partial charge in [-0.15, -0.1) is 0 Å². The minimum absolute atomic E-state index is 0.140. The first kappa shape index (κ1) is 13.1. The van der Waals surface area contributed by atoms with Crippen LogP contribution in [0, 0.1) is 0 Å². The molecule has 1 unspecified atom stereocenters. The molecule has 96 valence electrons. The van der Waals surface area contributed by atoms with E-state index in [-0.39, 0.29) is 16.1 Å². The predicted octanol–water partition coefficient (Wildman–Crippen LogP) is 1.48. The molecule has 1 aromatic rings. The minimum atomic E-state index is -0.549. The molecule has 0 aliphatic carbocycles. The molecule has 2 amide bonds. The topological polar surface area (TPSA) is 76.3 Å². The van der Waals surface area contributed by atoms with Crippen LogP contribution >= 0.6 is 23.2 Å². The highest BCUT2D eigenvalue weighted by Gasteiger charge is 2.33. The fraction of sp³-hybridized carbons (Fsp3) is 0.364. The zero-order chi connectivity index (χ0) is 13.3. The van der Waals surface area contributed by atoms with Gasteiger partial charge in [-0.05, 0) is 18.9 Å². The molecule has 5 nitrogen and oxygen atoms in total. The van der Waals surface area contributed by atoms with Crippen molar-refractivity contribution in [2.45, 2.75) is 18.9 Å². The van der Waals surface area contributed by atoms with Gasteiger partial charge in [0.05, 0.1) is 10.6 Å². The lowest BCUT2D eigenvalue weighted by molar-refractivity contribution is -0.121. The zero-order valence-electron chi connectivity index (χ0n) is 9.40. The maximum Gasteiger partial charge on any atom is 0.256 e. The molecule has 0 aromatic carbocycles. The van der Waals surface area contributed by atoms with Gasteiger partial charge in [-0.3, -0.25) is 9.59 Å². The molecule has 1 aromatic heterocycles. The van der Waals surface area contributed by atoms with Gasteiger partial charge in [0.25, 0.3) is 5.91 Å². The summed E-state index contributed by atoms with van der Waals surface area (Å²) in [5.74, 6) is -0.795. The Kier molecular flexibility index (Phi) is 3.73. The second kappa shape index (κ2) is 5.12. The molecular formula is C11H11Cl2N3O2. The molecule has 2 N–H and O–H groups in total. The van der Waals surface area contributed by atoms with Crippen LogP contribution in [0.4, 0.5) is 0 Å². The van der Waals surface area contributed by atoms with Crippen LogP contribution in [0.3, 0.4) is 0 Å². The normalized spacial score (nSPS) is 19.0. The van der Waals surface area contributed by atoms with Crippen LogP contribution in [0.25, 0.3) is 0 Å². The number of aromatic nitrogens is 1. The van der Waals surface area contributed by atoms with E-state index in [0.717, 1.165) is 6.42 Å². The van der Waals surface area contributed by atoms with Gasteiger partial charge in [0.15, 0.2) is 0 Å². The fourth-order valence-electron chi connectivity index (χ4n) is 2.01. The number of hydrogen-bond donors (Lipinski definition) is 1. The average Bonchev–Trinajstić information content (AvgIpc) is 2.81. The van der Waals surface area contributed by atoms with Crippen LogP contribution in [0.2, 0.25) is 10.2 Å². The summed E-state index contributed by atoms with van der Waals surface area (Å²) >= 11 is 11.5. The van der Waals surface area contributed by atoms with Crippen LogP contribution in [0.5, 0.6) is 0 Å². The Morgan fingerprint density at radius 3 is 2.78 bits per heavy atom. The fourth-order valence-corrected chi connectivity index (χ4v) is 2.28. The van der Waals surface area contributed by atoms with E-state index in [1.165, 1.54) is 17.2 Å². The van der Waals surface area contributed by atoms with Crippen LogP contribution in [0.1, 0.15) is 23.2 Å². The Labute approximate surface area is 114 Å². The van der Waals surface area contributed by atoms with Crippen molar-refractivity contribution in [1.29, 1.82) is 0 Å². The van der Waals surface area contributed by atoms with Gasteiger partial charge >= 0.3 is 0 Å². The third-order valence-corrected chi connectivity index (χ3v) is 3.57. The summed E-state index contributed by atoms with van der Waals surface area (Å²) < 4.78 is 0. The lowest BCUT2D eigenvalue weighted by Gasteiger charge is -2.22. The highest BCUT2D eigenvalue weighted by molar-refractivity contribution is 6.41. The maximum absolute atomic E-state index is 12.2. The number of rotatable bonds is 2. The number of hydrogen-bond acceptors (Lipinski definition) is 3. The van der Waals surface area contributed by atoms with Crippen LogP contribution in [-0.4, -0.2) is 34.3 Å². The van der Waals surface area contributed by atoms with Crippen molar-refractivity contribution < 1.29 is 9.59 Å². The molecule has 2 heterocycles. The van der Waals surface area contributed by atoms with Gasteiger partial charge in [0.2, 0.25) is 5.91 Å². The largest absolute Gasteiger partial charge is 0.368 e. The summed E-state index contributed by atoms with van der Waals surface area (Å²) in [5.41, 5.74) is 5.57. The summed E-state index contributed by atoms with van der Waals surface area (Å²) in [4.78, 5) is 28.7. The number of primary amides is 1. The minimum Gasteiger partial charge on any atom is -0.368 e. The summed E-state index contributed by atoms with van der Waals surface area (Å²) in [7, 11) is 0. The Hall–Kier alpha value is -1.33. The number of pyridine rings is 1. The van der Waals surface area contributed by atoms with Crippen molar-refractivity contribution in [2.75, 3.05) is 6.54 Å². The van der Waals surface area contributed by atoms with E-state index < -0.39 is 11.9 Å². The Bertz CT molecular complexity index is 507. The Morgan fingerprint density at radius 2 is 2.17 bits per heavy atom. The number of nitrogens with zero attached hydrogens (tertiary/aromatic N) is 2. The van der Waals surface area contributed by atoms with Crippen LogP contribution in [-0.2, 0) is 4.79 Å². The van der Waals surface area contributed by atoms with Gasteiger partial charge in [-0.25, -0.2) is 4.98 Å². The van der Waals surface area contributed by atoms with Crippen molar-refractivity contribution in [3.05, 3.63) is 28.0 Å². The molecule has 7 heteroatoms. The summed E-state index contributed by atoms with van der Waals surface area (Å²) in [5, 5.41) is 0.346. The van der Waals surface area contributed by atoms with Crippen LogP contribution < -0.4 is 5.73 Å². The number of likely N-dealkylation sites (tertiary alicyclic amines) is 1. The lowest BCUT2D eigenvalue weighted by atomic mass is 10.2. The van der Waals surface area contributed by atoms with Crippen molar-refractivity contribution in [1.82, 2.24) is 9.88 Å². The van der Waals surface area contributed by atoms with E-state index in [0.29, 0.717) is 18.5 Å². The first-order chi connectivity index (χ1) is 8.50. The molecule has 1 saturated heterocycles. The third kappa shape index (κ3) is 2.42. The molecule has 0 spiro atoms. The van der Waals surface area contributed by atoms with E-state index in [2.05, 4.69) is 4.98 Å². The lowest BCUT2D eigenvalue weighted by Crippen LogP contribution is -2.43. The van der Waals surface area contributed by atoms with E-state index in [9.17, 15) is 9.59 Å². The van der Waals surface area contributed by atoms with E-state index in [4.69, 9.17) is 28.9 Å². The van der Waals surface area contributed by atoms with Crippen molar-refractivity contribution >= 4 is 35.0 Å². The Balaban J connectivity index is 2.25. The SMILES string of the molecule is NC(=O)C1CCCN1C(=O)c1cnc(Cl)c(Cl)c1. The van der Waals surface area contributed by atoms with Gasteiger partial charge in [-0.1, -0.05) is 23.2 Å². The van der Waals surface area contributed by atoms with E-state index in [1.807, 2.05) is 0 Å². The quantitative estimate of drug-likeness (QED) is 0.837. The van der Waals surface area contributed by atoms with Crippen LogP contribution in [0.15, 0.2) is 12.3 Å². The molecule has 0 bridgehead atoms. The molecule has 1 atom stereocenters. The number of halogens is 2. The van der Waals surface area contributed by atoms with Crippen molar-refractivity contribution in [2.24, 2.45) is 5.73 Å². The van der Waals surface area contributed by atoms with E-state index >= 15 is 0 Å². The maximum atomic E-state index is 12.2. The first-order valence-electron chi connectivity index (χ1n) is 5.42. The summed E-state index contributed by atoms with van der Waals surface area (Å²) in [6, 6.07) is 0.891. The highest BCUT2D eigenvalue weighted by Crippen LogP contribution is 2.23. The predicted molar refractivity (Wildman–Crippen MR) is 67.5 cm³/mol. The molecular weight excluding hydrogens is 277 g/mol. The zero-order valence-corrected chi connectivity index (χ0v) is 10.9. The van der Waals surface area contributed by atoms with Crippen molar-refractivity contribution in [3.8, 4) is 0 Å². The van der Waals surface area contributed by atoms with Gasteiger partial charge in [-0.2, -0.15) is 0 Å². The first-order valence-corrected chi connectivity index (χ1v) is 6.17. The standard InChI is InChI=1S/C11H11Cl2N3O2/c12-7-4-6(5-15-9(7)13)11(18)16-3-1-2-8(16)10(14)17/h4-5,8H,1-3H2,(H2,14,17). The third-order valence-electron chi connectivity index (χ3n) is 2.89. The smallest absolute Gasteiger partial charge is 0.256 e. The van der Waals surface area contributed by atoms with Crippen molar-refractivity contribution in [3.63, 3.8) is 0 Å². The molecule has 2 rings (SSSR count). The van der Waals surface area contributed by atoms with Gasteiger partial charge in [0.1, 0.15) is 11.2 Å². The second-order valence-electron chi connectivity index (χ2n) is 4.06. The second-order valence-corrected chi connectivity index (χ2v) is 4.82. The molecule has 1 aliphatic heterocycles. The monoisotopic (exact) mass is 287 g/mol. The summed E-state index contributed by atoms with van der Waals surface area (Å²) in [6.45, 7) is 0.507. The average molecular weight is 288 g/mol. The number of nitrogens with two attached hydrogens (primary N) is 1. The summed E-state index contributed by atoms with van der Waals surface area (Å²) in [6.07, 6.45) is 2.69. The highest BCUT2D eigenvalue weighted by atomic mass is 35.5. The molecule has 0 saturated carbocycles. The van der Waals surface area contributed by atoms with Gasteiger partial charge in [0, 0.05) is 12.7 Å². The van der Waals surface area contributed by atoms with E-state index in [1.54, 1.807) is 0 Å². The Morgan fingerprint density at radius 1 is 1.44 bits per heavy atom. The molecule has 0 radical (unpaired) electrons. The number of carbonyl (C=O) groups excluding carboxylic acids is 2.